The van der Waals surface area contributed by atoms with Gasteiger partial charge >= 0.3 is 0 Å². The van der Waals surface area contributed by atoms with E-state index in [0.717, 1.165) is 29.3 Å². The zero-order valence-corrected chi connectivity index (χ0v) is 18.3. The van der Waals surface area contributed by atoms with Gasteiger partial charge in [-0.3, -0.25) is 0 Å². The molecule has 24 heavy (non-hydrogen) atoms. The Morgan fingerprint density at radius 1 is 0.958 bits per heavy atom. The highest BCUT2D eigenvalue weighted by Crippen LogP contribution is 2.35. The highest BCUT2D eigenvalue weighted by atomic mass is 28.4. The van der Waals surface area contributed by atoms with E-state index in [0.29, 0.717) is 5.76 Å². The molecular weight excluding hydrogens is 328 g/mol. The summed E-state index contributed by atoms with van der Waals surface area (Å²) in [6.45, 7) is 21.8. The molecule has 1 unspecified atom stereocenters. The van der Waals surface area contributed by atoms with E-state index in [-0.39, 0.29) is 6.10 Å². The summed E-state index contributed by atoms with van der Waals surface area (Å²) < 4.78 is 12.9. The van der Waals surface area contributed by atoms with Gasteiger partial charge < -0.3 is 8.85 Å². The van der Waals surface area contributed by atoms with Gasteiger partial charge in [0.2, 0.25) is 8.32 Å². The van der Waals surface area contributed by atoms with Crippen LogP contribution in [0, 0.1) is 0 Å². The minimum atomic E-state index is -1.75. The molecule has 0 amide bonds. The molecule has 1 aromatic rings. The summed E-state index contributed by atoms with van der Waals surface area (Å²) in [6.07, 6.45) is -0.178. The molecule has 4 heteroatoms. The van der Waals surface area contributed by atoms with Crippen LogP contribution in [-0.2, 0) is 8.85 Å². The largest absolute Gasteiger partial charge is 0.544 e. The van der Waals surface area contributed by atoms with Gasteiger partial charge in [-0.1, -0.05) is 64.3 Å². The lowest BCUT2D eigenvalue weighted by atomic mass is 10.0. The fraction of sp³-hybridized carbons (Fsp3) is 0.500. The molecule has 0 N–H and O–H groups in total. The third-order valence-corrected chi connectivity index (χ3v) is 10.0. The molecule has 2 nitrogen and oxygen atoms in total. The quantitative estimate of drug-likeness (QED) is 0.263. The molecule has 0 aliphatic rings. The molecule has 0 spiro atoms. The van der Waals surface area contributed by atoms with Crippen LogP contribution in [-0.4, -0.2) is 16.6 Å². The molecule has 0 aromatic heterocycles. The lowest BCUT2D eigenvalue weighted by molar-refractivity contribution is 0.227. The molecule has 0 heterocycles. The molecule has 0 fully saturated rings. The monoisotopic (exact) mass is 362 g/mol. The summed E-state index contributed by atoms with van der Waals surface area (Å²) in [7, 11) is -3.49. The minimum absolute atomic E-state index is 0.178. The standard InChI is InChI=1S/C20H34O2Si2/c1-9-24(10-2,11-3)21-18(5)17(4)20(22-23(6,7)8)19-15-13-12-14-16-19/h12-16,20H,4-5,9-11H2,1-3,6-8H3. The molecule has 0 aliphatic heterocycles. The highest BCUT2D eigenvalue weighted by molar-refractivity contribution is 6.73. The van der Waals surface area contributed by atoms with Crippen molar-refractivity contribution < 1.29 is 8.85 Å². The van der Waals surface area contributed by atoms with E-state index in [1.165, 1.54) is 0 Å². The Kier molecular flexibility index (Phi) is 7.71. The first-order valence-electron chi connectivity index (χ1n) is 8.98. The Balaban J connectivity index is 3.06. The van der Waals surface area contributed by atoms with Crippen LogP contribution in [0.3, 0.4) is 0 Å². The number of hydrogen-bond donors (Lipinski definition) is 0. The smallest absolute Gasteiger partial charge is 0.250 e. The Labute approximate surface area is 150 Å². The second-order valence-corrected chi connectivity index (χ2v) is 16.5. The first-order chi connectivity index (χ1) is 11.2. The van der Waals surface area contributed by atoms with Gasteiger partial charge in [0.1, 0.15) is 5.76 Å². The van der Waals surface area contributed by atoms with Crippen molar-refractivity contribution in [1.82, 2.24) is 0 Å². The maximum atomic E-state index is 6.44. The van der Waals surface area contributed by atoms with Crippen LogP contribution in [0.5, 0.6) is 0 Å². The summed E-state index contributed by atoms with van der Waals surface area (Å²) >= 11 is 0. The third-order valence-electron chi connectivity index (χ3n) is 4.52. The molecule has 1 aromatic carbocycles. The Bertz CT molecular complexity index is 534. The predicted octanol–water partition coefficient (Wildman–Crippen LogP) is 6.67. The van der Waals surface area contributed by atoms with E-state index in [1.807, 2.05) is 18.2 Å². The van der Waals surface area contributed by atoms with Crippen LogP contribution in [0.1, 0.15) is 32.4 Å². The molecule has 134 valence electrons. The Morgan fingerprint density at radius 2 is 1.46 bits per heavy atom. The lowest BCUT2D eigenvalue weighted by Crippen LogP contribution is -2.36. The summed E-state index contributed by atoms with van der Waals surface area (Å²) in [4.78, 5) is 0. The fourth-order valence-electron chi connectivity index (χ4n) is 2.76. The Morgan fingerprint density at radius 3 is 1.88 bits per heavy atom. The maximum absolute atomic E-state index is 6.44. The highest BCUT2D eigenvalue weighted by Gasteiger charge is 2.33. The second-order valence-electron chi connectivity index (χ2n) is 7.32. The molecule has 0 radical (unpaired) electrons. The van der Waals surface area contributed by atoms with Crippen LogP contribution in [0.25, 0.3) is 0 Å². The molecule has 0 saturated carbocycles. The first kappa shape index (κ1) is 20.9. The van der Waals surface area contributed by atoms with Crippen molar-refractivity contribution in [2.24, 2.45) is 0 Å². The van der Waals surface area contributed by atoms with Crippen LogP contribution in [0.2, 0.25) is 37.8 Å². The normalized spacial score (nSPS) is 13.4. The average molecular weight is 363 g/mol. The van der Waals surface area contributed by atoms with E-state index in [4.69, 9.17) is 8.85 Å². The van der Waals surface area contributed by atoms with E-state index >= 15 is 0 Å². The predicted molar refractivity (Wildman–Crippen MR) is 110 cm³/mol. The number of hydrogen-bond acceptors (Lipinski definition) is 2. The molecular formula is C20H34O2Si2. The van der Waals surface area contributed by atoms with Gasteiger partial charge in [0.15, 0.2) is 8.32 Å². The minimum Gasteiger partial charge on any atom is -0.544 e. The molecule has 0 aliphatic carbocycles. The van der Waals surface area contributed by atoms with Crippen molar-refractivity contribution in [3.8, 4) is 0 Å². The molecule has 0 bridgehead atoms. The zero-order chi connectivity index (χ0) is 18.4. The zero-order valence-electron chi connectivity index (χ0n) is 16.3. The van der Waals surface area contributed by atoms with Crippen molar-refractivity contribution in [1.29, 1.82) is 0 Å². The van der Waals surface area contributed by atoms with Crippen molar-refractivity contribution in [3.63, 3.8) is 0 Å². The summed E-state index contributed by atoms with van der Waals surface area (Å²) in [6, 6.07) is 13.6. The topological polar surface area (TPSA) is 18.5 Å². The van der Waals surface area contributed by atoms with Crippen LogP contribution in [0.15, 0.2) is 54.8 Å². The second kappa shape index (κ2) is 8.83. The Hall–Kier alpha value is -1.11. The van der Waals surface area contributed by atoms with Crippen molar-refractivity contribution >= 4 is 16.6 Å². The van der Waals surface area contributed by atoms with Gasteiger partial charge in [-0.05, 0) is 43.3 Å². The van der Waals surface area contributed by atoms with Gasteiger partial charge in [0.25, 0.3) is 0 Å². The van der Waals surface area contributed by atoms with E-state index in [1.54, 1.807) is 0 Å². The van der Waals surface area contributed by atoms with E-state index in [9.17, 15) is 0 Å². The number of rotatable bonds is 10. The van der Waals surface area contributed by atoms with Gasteiger partial charge in [0, 0.05) is 5.57 Å². The third kappa shape index (κ3) is 5.76. The SMILES string of the molecule is C=C(O[Si](CC)(CC)CC)C(=C)C(O[Si](C)(C)C)c1ccccc1. The van der Waals surface area contributed by atoms with Gasteiger partial charge in [-0.15, -0.1) is 0 Å². The van der Waals surface area contributed by atoms with Crippen LogP contribution in [0.4, 0.5) is 0 Å². The molecule has 0 saturated heterocycles. The average Bonchev–Trinajstić information content (AvgIpc) is 2.57. The van der Waals surface area contributed by atoms with Crippen molar-refractivity contribution in [2.75, 3.05) is 0 Å². The van der Waals surface area contributed by atoms with Gasteiger partial charge in [-0.25, -0.2) is 0 Å². The van der Waals surface area contributed by atoms with Crippen molar-refractivity contribution in [2.45, 2.75) is 64.6 Å². The van der Waals surface area contributed by atoms with Crippen molar-refractivity contribution in [3.05, 3.63) is 60.4 Å². The fourth-order valence-corrected chi connectivity index (χ4v) is 6.33. The summed E-state index contributed by atoms with van der Waals surface area (Å²) in [5, 5.41) is 0. The summed E-state index contributed by atoms with van der Waals surface area (Å²) in [5.74, 6) is 0.708. The summed E-state index contributed by atoms with van der Waals surface area (Å²) in [5.41, 5.74) is 1.97. The van der Waals surface area contributed by atoms with Crippen LogP contribution < -0.4 is 0 Å². The lowest BCUT2D eigenvalue weighted by Gasteiger charge is -2.34. The molecule has 1 rings (SSSR count). The van der Waals surface area contributed by atoms with Gasteiger partial charge in [-0.2, -0.15) is 0 Å². The number of benzene rings is 1. The van der Waals surface area contributed by atoms with Crippen LogP contribution >= 0.6 is 0 Å². The van der Waals surface area contributed by atoms with E-state index in [2.05, 4.69) is 65.7 Å². The van der Waals surface area contributed by atoms with E-state index < -0.39 is 16.6 Å². The van der Waals surface area contributed by atoms with Gasteiger partial charge in [0.05, 0.1) is 6.10 Å². The first-order valence-corrected chi connectivity index (χ1v) is 14.9. The molecule has 1 atom stereocenters. The maximum Gasteiger partial charge on any atom is 0.250 e.